The predicted molar refractivity (Wildman–Crippen MR) is 89.1 cm³/mol. The number of carbonyl (C=O) groups is 3. The zero-order valence-corrected chi connectivity index (χ0v) is 15.2. The maximum absolute atomic E-state index is 12.6. The van der Waals surface area contributed by atoms with Gasteiger partial charge in [-0.1, -0.05) is 6.58 Å². The van der Waals surface area contributed by atoms with Gasteiger partial charge in [-0.3, -0.25) is 4.79 Å². The van der Waals surface area contributed by atoms with E-state index in [1.54, 1.807) is 13.0 Å². The van der Waals surface area contributed by atoms with Crippen molar-refractivity contribution in [1.29, 1.82) is 0 Å². The van der Waals surface area contributed by atoms with Crippen LogP contribution in [0.2, 0.25) is 0 Å². The number of ketones is 1. The lowest BCUT2D eigenvalue weighted by Gasteiger charge is -2.37. The molecule has 0 amide bonds. The first-order chi connectivity index (χ1) is 12.6. The molecule has 2 fully saturated rings. The summed E-state index contributed by atoms with van der Waals surface area (Å²) in [5, 5.41) is 11.1. The minimum Gasteiger partial charge on any atom is -0.476 e. The van der Waals surface area contributed by atoms with Gasteiger partial charge in [0.05, 0.1) is 12.5 Å². The van der Waals surface area contributed by atoms with Gasteiger partial charge in [0.25, 0.3) is 0 Å². The Labute approximate surface area is 155 Å². The molecule has 4 aliphatic heterocycles. The third-order valence-corrected chi connectivity index (χ3v) is 5.63. The first-order valence-electron chi connectivity index (χ1n) is 8.64. The maximum atomic E-state index is 12.6. The van der Waals surface area contributed by atoms with E-state index in [1.807, 2.05) is 0 Å². The molecule has 2 bridgehead atoms. The largest absolute Gasteiger partial charge is 0.476 e. The third-order valence-electron chi connectivity index (χ3n) is 5.63. The summed E-state index contributed by atoms with van der Waals surface area (Å²) in [7, 11) is 0. The van der Waals surface area contributed by atoms with Crippen LogP contribution in [0.25, 0.3) is 0 Å². The zero-order chi connectivity index (χ0) is 19.7. The van der Waals surface area contributed by atoms with Gasteiger partial charge >= 0.3 is 11.9 Å². The molecule has 1 N–H and O–H groups in total. The second-order valence-electron chi connectivity index (χ2n) is 7.60. The van der Waals surface area contributed by atoms with Gasteiger partial charge in [0.15, 0.2) is 11.2 Å². The highest BCUT2D eigenvalue weighted by Crippen LogP contribution is 2.51. The summed E-state index contributed by atoms with van der Waals surface area (Å²) < 4.78 is 22.1. The highest BCUT2D eigenvalue weighted by Gasteiger charge is 2.72. The molecule has 0 radical (unpaired) electrons. The summed E-state index contributed by atoms with van der Waals surface area (Å²) in [5.74, 6) is -2.34. The quantitative estimate of drug-likeness (QED) is 0.417. The molecule has 0 aromatic carbocycles. The maximum Gasteiger partial charge on any atom is 0.342 e. The Morgan fingerprint density at radius 2 is 2.07 bits per heavy atom. The first kappa shape index (κ1) is 17.9. The summed E-state index contributed by atoms with van der Waals surface area (Å²) in [5.41, 5.74) is -2.28. The van der Waals surface area contributed by atoms with E-state index < -0.39 is 53.2 Å². The lowest BCUT2D eigenvalue weighted by molar-refractivity contribution is -0.179. The summed E-state index contributed by atoms with van der Waals surface area (Å²) in [6.07, 6.45) is -0.724. The number of ether oxygens (including phenoxy) is 4. The van der Waals surface area contributed by atoms with Crippen molar-refractivity contribution in [3.8, 4) is 0 Å². The van der Waals surface area contributed by atoms with Crippen LogP contribution in [0.15, 0.2) is 35.6 Å². The fourth-order valence-electron chi connectivity index (χ4n) is 3.85. The monoisotopic (exact) mass is 376 g/mol. The van der Waals surface area contributed by atoms with Gasteiger partial charge in [0, 0.05) is 11.6 Å². The number of epoxide rings is 1. The van der Waals surface area contributed by atoms with Gasteiger partial charge in [-0.05, 0) is 32.4 Å². The molecule has 4 aliphatic rings. The Morgan fingerprint density at radius 1 is 1.41 bits per heavy atom. The highest BCUT2D eigenvalue weighted by molar-refractivity contribution is 6.00. The number of carbonyl (C=O) groups excluding carboxylic acids is 3. The Balaban J connectivity index is 1.85. The summed E-state index contributed by atoms with van der Waals surface area (Å²) in [4.78, 5) is 37.2. The van der Waals surface area contributed by atoms with E-state index in [9.17, 15) is 19.5 Å². The van der Waals surface area contributed by atoms with Crippen LogP contribution >= 0.6 is 0 Å². The zero-order valence-electron chi connectivity index (χ0n) is 15.2. The Morgan fingerprint density at radius 3 is 2.67 bits per heavy atom. The van der Waals surface area contributed by atoms with Crippen LogP contribution in [0.3, 0.4) is 0 Å². The van der Waals surface area contributed by atoms with E-state index >= 15 is 0 Å². The van der Waals surface area contributed by atoms with E-state index in [0.29, 0.717) is 5.57 Å². The van der Waals surface area contributed by atoms with Crippen molar-refractivity contribution in [3.05, 3.63) is 35.6 Å². The van der Waals surface area contributed by atoms with Crippen LogP contribution < -0.4 is 0 Å². The van der Waals surface area contributed by atoms with Crippen LogP contribution in [0.5, 0.6) is 0 Å². The van der Waals surface area contributed by atoms with Crippen molar-refractivity contribution in [3.63, 3.8) is 0 Å². The molecule has 0 aromatic heterocycles. The van der Waals surface area contributed by atoms with Crippen LogP contribution in [0.4, 0.5) is 0 Å². The Bertz CT molecular complexity index is 833. The van der Waals surface area contributed by atoms with E-state index in [4.69, 9.17) is 18.9 Å². The van der Waals surface area contributed by atoms with Crippen LogP contribution in [0, 0.1) is 5.92 Å². The fraction of sp³-hybridized carbons (Fsp3) is 0.526. The predicted octanol–water partition coefficient (Wildman–Crippen LogP) is 0.348. The second-order valence-corrected chi connectivity index (χ2v) is 7.60. The lowest BCUT2D eigenvalue weighted by Crippen LogP contribution is -2.57. The van der Waals surface area contributed by atoms with Crippen molar-refractivity contribution >= 4 is 17.7 Å². The number of aliphatic hydroxyl groups is 1. The van der Waals surface area contributed by atoms with E-state index in [-0.39, 0.29) is 17.9 Å². The number of aliphatic hydroxyl groups excluding tert-OH is 1. The smallest absolute Gasteiger partial charge is 0.342 e. The second kappa shape index (κ2) is 5.53. The number of rotatable bonds is 2. The molecule has 27 heavy (non-hydrogen) atoms. The number of esters is 2. The normalized spacial score (nSPS) is 42.1. The average molecular weight is 376 g/mol. The van der Waals surface area contributed by atoms with Gasteiger partial charge in [0.1, 0.15) is 24.1 Å². The van der Waals surface area contributed by atoms with Crippen molar-refractivity contribution in [1.82, 2.24) is 0 Å². The summed E-state index contributed by atoms with van der Waals surface area (Å²) in [6, 6.07) is 0. The third kappa shape index (κ3) is 2.40. The van der Waals surface area contributed by atoms with Gasteiger partial charge in [-0.2, -0.15) is 0 Å². The molecule has 1 spiro atoms. The molecule has 0 saturated carbocycles. The first-order valence-corrected chi connectivity index (χ1v) is 8.64. The van der Waals surface area contributed by atoms with Crippen LogP contribution in [0.1, 0.15) is 20.8 Å². The van der Waals surface area contributed by atoms with Crippen LogP contribution in [-0.2, 0) is 33.3 Å². The number of hydrogen-bond donors (Lipinski definition) is 1. The van der Waals surface area contributed by atoms with Crippen molar-refractivity contribution in [2.24, 2.45) is 5.92 Å². The SMILES string of the molecule is C=C(C)C(=O)OC1C(O)C2(C)OC(=CC2=O)C(C)=CC2OC(=O)C3(CO3)C21. The van der Waals surface area contributed by atoms with Gasteiger partial charge < -0.3 is 24.1 Å². The minimum absolute atomic E-state index is 0.0853. The molecular weight excluding hydrogens is 356 g/mol. The van der Waals surface area contributed by atoms with Crippen molar-refractivity contribution in [2.45, 2.75) is 50.3 Å². The molecule has 6 atom stereocenters. The number of allylic oxidation sites excluding steroid dienone is 1. The highest BCUT2D eigenvalue weighted by atomic mass is 16.7. The average Bonchev–Trinajstić information content (AvgIpc) is 3.26. The van der Waals surface area contributed by atoms with Crippen molar-refractivity contribution in [2.75, 3.05) is 6.61 Å². The topological polar surface area (TPSA) is 112 Å². The summed E-state index contributed by atoms with van der Waals surface area (Å²) in [6.45, 7) is 8.23. The Hall–Kier alpha value is -2.45. The molecule has 4 rings (SSSR count). The lowest BCUT2D eigenvalue weighted by atomic mass is 9.77. The minimum atomic E-state index is -1.67. The number of hydrogen-bond acceptors (Lipinski definition) is 8. The fourth-order valence-corrected chi connectivity index (χ4v) is 3.85. The van der Waals surface area contributed by atoms with E-state index in [1.165, 1.54) is 19.9 Å². The molecule has 4 heterocycles. The van der Waals surface area contributed by atoms with Gasteiger partial charge in [-0.25, -0.2) is 9.59 Å². The molecular formula is C19H20O8. The van der Waals surface area contributed by atoms with E-state index in [0.717, 1.165) is 0 Å². The van der Waals surface area contributed by atoms with Gasteiger partial charge in [-0.15, -0.1) is 0 Å². The molecule has 2 saturated heterocycles. The molecule has 0 aromatic rings. The van der Waals surface area contributed by atoms with Crippen LogP contribution in [-0.4, -0.2) is 58.9 Å². The molecule has 8 nitrogen and oxygen atoms in total. The summed E-state index contributed by atoms with van der Waals surface area (Å²) >= 11 is 0. The van der Waals surface area contributed by atoms with E-state index in [2.05, 4.69) is 6.58 Å². The molecule has 0 aliphatic carbocycles. The Kier molecular flexibility index (Phi) is 3.67. The molecule has 144 valence electrons. The van der Waals surface area contributed by atoms with Crippen molar-refractivity contribution < 1.29 is 38.4 Å². The van der Waals surface area contributed by atoms with Gasteiger partial charge in [0.2, 0.25) is 5.78 Å². The standard InChI is InChI=1S/C19H20O8/c1-8(2)16(22)26-14-13-11(25-17(23)19(13)7-24-19)5-9(3)10-6-12(20)18(4,27-10)15(14)21/h5-6,11,13-15,21H,1,7H2,2-4H3. The molecule has 6 unspecified atom stereocenters. The molecule has 8 heteroatoms. The number of fused-ring (bicyclic) bond motifs is 4.